The van der Waals surface area contributed by atoms with Gasteiger partial charge in [-0.3, -0.25) is 14.5 Å². The predicted octanol–water partition coefficient (Wildman–Crippen LogP) is 3.04. The van der Waals surface area contributed by atoms with Gasteiger partial charge in [0.2, 0.25) is 11.8 Å². The quantitative estimate of drug-likeness (QED) is 0.590. The lowest BCUT2D eigenvalue weighted by molar-refractivity contribution is -0.123. The highest BCUT2D eigenvalue weighted by Gasteiger charge is 2.73. The summed E-state index contributed by atoms with van der Waals surface area (Å²) >= 11 is 5.89. The van der Waals surface area contributed by atoms with Gasteiger partial charge >= 0.3 is 0 Å². The second-order valence-electron chi connectivity index (χ2n) is 6.71. The van der Waals surface area contributed by atoms with Crippen molar-refractivity contribution < 1.29 is 9.59 Å². The first-order valence-electron chi connectivity index (χ1n) is 7.45. The molecule has 2 saturated carbocycles. The molecule has 2 amide bonds. The maximum atomic E-state index is 12.8. The van der Waals surface area contributed by atoms with Crippen LogP contribution in [0.3, 0.4) is 0 Å². The van der Waals surface area contributed by atoms with Crippen LogP contribution in [0.4, 0.5) is 5.69 Å². The van der Waals surface area contributed by atoms with Crippen LogP contribution in [0, 0.1) is 29.1 Å². The molecule has 1 saturated heterocycles. The molecule has 1 aromatic rings. The minimum absolute atomic E-state index is 0.0181. The molecule has 4 aliphatic rings. The number of amides is 2. The Morgan fingerprint density at radius 2 is 1.48 bits per heavy atom. The molecule has 1 aliphatic heterocycles. The van der Waals surface area contributed by atoms with Crippen LogP contribution < -0.4 is 4.90 Å². The van der Waals surface area contributed by atoms with Crippen molar-refractivity contribution in [2.75, 3.05) is 4.90 Å². The molecule has 4 heteroatoms. The molecular formula is C17H14ClNO2. The minimum Gasteiger partial charge on any atom is -0.274 e. The van der Waals surface area contributed by atoms with E-state index >= 15 is 0 Å². The summed E-state index contributed by atoms with van der Waals surface area (Å²) in [6.45, 7) is 0. The van der Waals surface area contributed by atoms with Gasteiger partial charge in [0.1, 0.15) is 0 Å². The predicted molar refractivity (Wildman–Crippen MR) is 78.7 cm³/mol. The van der Waals surface area contributed by atoms with Gasteiger partial charge in [-0.2, -0.15) is 0 Å². The van der Waals surface area contributed by atoms with E-state index in [1.54, 1.807) is 24.3 Å². The zero-order valence-corrected chi connectivity index (χ0v) is 12.1. The molecule has 2 bridgehead atoms. The Morgan fingerprint density at radius 1 is 0.952 bits per heavy atom. The zero-order valence-electron chi connectivity index (χ0n) is 11.3. The molecule has 4 atom stereocenters. The molecule has 0 aromatic heterocycles. The maximum Gasteiger partial charge on any atom is 0.238 e. The number of allylic oxidation sites excluding steroid dienone is 2. The van der Waals surface area contributed by atoms with Crippen molar-refractivity contribution in [2.45, 2.75) is 12.8 Å². The fourth-order valence-electron chi connectivity index (χ4n) is 4.92. The first-order valence-corrected chi connectivity index (χ1v) is 7.83. The third kappa shape index (κ3) is 1.27. The van der Waals surface area contributed by atoms with E-state index in [0.717, 1.165) is 0 Å². The Morgan fingerprint density at radius 3 is 1.95 bits per heavy atom. The van der Waals surface area contributed by atoms with Crippen molar-refractivity contribution in [3.8, 4) is 0 Å². The van der Waals surface area contributed by atoms with E-state index in [1.165, 1.54) is 17.7 Å². The summed E-state index contributed by atoms with van der Waals surface area (Å²) in [4.78, 5) is 27.0. The van der Waals surface area contributed by atoms with E-state index in [2.05, 4.69) is 12.2 Å². The fourth-order valence-corrected chi connectivity index (χ4v) is 5.05. The highest BCUT2D eigenvalue weighted by Crippen LogP contribution is 2.73. The average molecular weight is 300 g/mol. The number of nitrogens with zero attached hydrogens (tertiary/aromatic N) is 1. The Hall–Kier alpha value is -1.61. The van der Waals surface area contributed by atoms with Crippen LogP contribution >= 0.6 is 11.6 Å². The molecule has 21 heavy (non-hydrogen) atoms. The number of carbonyl (C=O) groups excluding carboxylic acids is 2. The molecule has 3 aliphatic carbocycles. The van der Waals surface area contributed by atoms with Crippen LogP contribution in [0.15, 0.2) is 36.4 Å². The molecule has 1 spiro atoms. The summed E-state index contributed by atoms with van der Waals surface area (Å²) in [5.74, 6) is 0.254. The Kier molecular flexibility index (Phi) is 2.05. The third-order valence-corrected chi connectivity index (χ3v) is 6.19. The monoisotopic (exact) mass is 299 g/mol. The summed E-state index contributed by atoms with van der Waals surface area (Å²) in [5.41, 5.74) is 0.903. The summed E-state index contributed by atoms with van der Waals surface area (Å²) < 4.78 is 0. The number of rotatable bonds is 1. The lowest BCUT2D eigenvalue weighted by Crippen LogP contribution is -2.34. The molecule has 3 fully saturated rings. The van der Waals surface area contributed by atoms with E-state index in [4.69, 9.17) is 11.6 Å². The summed E-state index contributed by atoms with van der Waals surface area (Å²) in [7, 11) is 0. The summed E-state index contributed by atoms with van der Waals surface area (Å²) in [5, 5.41) is 0.608. The van der Waals surface area contributed by atoms with Gasteiger partial charge in [0.15, 0.2) is 0 Å². The second kappa shape index (κ2) is 3.58. The first-order chi connectivity index (χ1) is 10.1. The van der Waals surface area contributed by atoms with Gasteiger partial charge in [0.25, 0.3) is 0 Å². The van der Waals surface area contributed by atoms with Gasteiger partial charge in [-0.25, -0.2) is 0 Å². The molecule has 1 aromatic carbocycles. The lowest BCUT2D eigenvalue weighted by atomic mass is 9.85. The molecule has 5 rings (SSSR count). The topological polar surface area (TPSA) is 37.4 Å². The molecule has 0 radical (unpaired) electrons. The van der Waals surface area contributed by atoms with E-state index in [-0.39, 0.29) is 40.9 Å². The molecule has 0 N–H and O–H groups in total. The number of benzene rings is 1. The van der Waals surface area contributed by atoms with Crippen LogP contribution in [0.5, 0.6) is 0 Å². The second-order valence-corrected chi connectivity index (χ2v) is 7.15. The van der Waals surface area contributed by atoms with E-state index < -0.39 is 0 Å². The third-order valence-electron chi connectivity index (χ3n) is 5.94. The Labute approximate surface area is 127 Å². The van der Waals surface area contributed by atoms with Crippen molar-refractivity contribution in [1.29, 1.82) is 0 Å². The molecular weight excluding hydrogens is 286 g/mol. The fraction of sp³-hybridized carbons (Fsp3) is 0.412. The number of fused-ring (bicyclic) bond motifs is 3. The van der Waals surface area contributed by atoms with Crippen LogP contribution in [0.1, 0.15) is 12.8 Å². The lowest BCUT2D eigenvalue weighted by Gasteiger charge is -2.21. The van der Waals surface area contributed by atoms with E-state index in [0.29, 0.717) is 10.7 Å². The van der Waals surface area contributed by atoms with Gasteiger partial charge < -0.3 is 0 Å². The Balaban J connectivity index is 1.57. The van der Waals surface area contributed by atoms with Gasteiger partial charge in [0, 0.05) is 5.02 Å². The summed E-state index contributed by atoms with van der Waals surface area (Å²) in [6.07, 6.45) is 6.72. The normalized spacial score (nSPS) is 37.7. The highest BCUT2D eigenvalue weighted by molar-refractivity contribution is 6.30. The standard InChI is InChI=1S/C17H14ClNO2/c18-9-1-3-10(4-2-9)19-15(20)13-11-5-6-12(14(13)16(19)21)17(11)7-8-17/h1-6,11-14H,7-8H2/t11-,12+,13+,14-. The van der Waals surface area contributed by atoms with Crippen molar-refractivity contribution in [2.24, 2.45) is 29.1 Å². The number of anilines is 1. The van der Waals surface area contributed by atoms with Crippen LogP contribution in [-0.2, 0) is 9.59 Å². The highest BCUT2D eigenvalue weighted by atomic mass is 35.5. The van der Waals surface area contributed by atoms with Gasteiger partial charge in [-0.05, 0) is 54.4 Å². The Bertz CT molecular complexity index is 670. The SMILES string of the molecule is O=C1[C@@H]2[C@H](C(=O)N1c1ccc(Cl)cc1)[C@@H]1C=C[C@H]2C12CC2. The average Bonchev–Trinajstić information content (AvgIpc) is 3.07. The number of imide groups is 1. The zero-order chi connectivity index (χ0) is 14.4. The van der Waals surface area contributed by atoms with Gasteiger partial charge in [-0.15, -0.1) is 0 Å². The van der Waals surface area contributed by atoms with Crippen molar-refractivity contribution in [3.05, 3.63) is 41.4 Å². The first kappa shape index (κ1) is 12.0. The number of hydrogen-bond acceptors (Lipinski definition) is 2. The van der Waals surface area contributed by atoms with Gasteiger partial charge in [0.05, 0.1) is 17.5 Å². The van der Waals surface area contributed by atoms with Gasteiger partial charge in [-0.1, -0.05) is 23.8 Å². The van der Waals surface area contributed by atoms with Crippen LogP contribution in [0.25, 0.3) is 0 Å². The molecule has 1 heterocycles. The summed E-state index contributed by atoms with van der Waals surface area (Å²) in [6, 6.07) is 6.95. The smallest absolute Gasteiger partial charge is 0.238 e. The number of hydrogen-bond donors (Lipinski definition) is 0. The molecule has 3 nitrogen and oxygen atoms in total. The minimum atomic E-state index is -0.134. The van der Waals surface area contributed by atoms with Crippen molar-refractivity contribution in [3.63, 3.8) is 0 Å². The van der Waals surface area contributed by atoms with E-state index in [1.807, 2.05) is 0 Å². The maximum absolute atomic E-state index is 12.8. The van der Waals surface area contributed by atoms with Crippen LogP contribution in [0.2, 0.25) is 5.02 Å². The number of carbonyl (C=O) groups is 2. The van der Waals surface area contributed by atoms with Crippen LogP contribution in [-0.4, -0.2) is 11.8 Å². The van der Waals surface area contributed by atoms with Crippen molar-refractivity contribution in [1.82, 2.24) is 0 Å². The molecule has 0 unspecified atom stereocenters. The van der Waals surface area contributed by atoms with E-state index in [9.17, 15) is 9.59 Å². The largest absolute Gasteiger partial charge is 0.274 e. The van der Waals surface area contributed by atoms with Crippen molar-refractivity contribution >= 4 is 29.1 Å². The molecule has 106 valence electrons. The number of halogens is 1.